The summed E-state index contributed by atoms with van der Waals surface area (Å²) in [5.41, 5.74) is 2.12. The van der Waals surface area contributed by atoms with Crippen LogP contribution >= 0.6 is 10.6 Å². The van der Waals surface area contributed by atoms with E-state index in [4.69, 9.17) is 9.47 Å². The SMILES string of the molecule is CCOC(=O)CCc1ccc(N(Cc2cccc(-c3c(C)cc(OCC4(O)CCS(O)(O)CC4)cc3C)c2)S(=O)(=O)c2ccccc2[N+](=O)[O-])cc1F. The molecular weight excluding hydrogens is 728 g/mol. The lowest BCUT2D eigenvalue weighted by Crippen LogP contribution is -2.42. The van der Waals surface area contributed by atoms with E-state index < -0.39 is 53.5 Å². The molecule has 0 unspecified atom stereocenters. The van der Waals surface area contributed by atoms with Crippen molar-refractivity contribution in [2.24, 2.45) is 0 Å². The highest BCUT2D eigenvalue weighted by Crippen LogP contribution is 2.47. The second kappa shape index (κ2) is 16.2. The number of ether oxygens (including phenoxy) is 2. The zero-order valence-electron chi connectivity index (χ0n) is 29.7. The summed E-state index contributed by atoms with van der Waals surface area (Å²) in [4.78, 5) is 22.4. The fourth-order valence-corrected chi connectivity index (χ4v) is 9.60. The summed E-state index contributed by atoms with van der Waals surface area (Å²) in [6, 6.07) is 19.6. The smallest absolute Gasteiger partial charge is 0.306 e. The van der Waals surface area contributed by atoms with Gasteiger partial charge in [0, 0.05) is 24.0 Å². The molecule has 0 amide bonds. The number of nitro benzene ring substituents is 1. The van der Waals surface area contributed by atoms with Crippen LogP contribution in [-0.2, 0) is 32.5 Å². The van der Waals surface area contributed by atoms with E-state index in [-0.39, 0.29) is 68.2 Å². The van der Waals surface area contributed by atoms with E-state index in [2.05, 4.69) is 0 Å². The molecular formula is C38H43FN2O10S2. The first-order valence-electron chi connectivity index (χ1n) is 17.0. The Morgan fingerprint density at radius 3 is 2.32 bits per heavy atom. The third-order valence-electron chi connectivity index (χ3n) is 9.20. The summed E-state index contributed by atoms with van der Waals surface area (Å²) in [6.07, 6.45) is 0.395. The van der Waals surface area contributed by atoms with Gasteiger partial charge in [-0.1, -0.05) is 36.4 Å². The van der Waals surface area contributed by atoms with Crippen LogP contribution in [0.2, 0.25) is 0 Å². The number of carbonyl (C=O) groups excluding carboxylic acids is 1. The molecule has 0 radical (unpaired) electrons. The Morgan fingerprint density at radius 2 is 1.68 bits per heavy atom. The van der Waals surface area contributed by atoms with Gasteiger partial charge in [0.2, 0.25) is 0 Å². The number of rotatable bonds is 14. The number of halogens is 1. The Labute approximate surface area is 309 Å². The molecule has 1 aliphatic rings. The van der Waals surface area contributed by atoms with E-state index in [0.29, 0.717) is 11.3 Å². The van der Waals surface area contributed by atoms with Crippen molar-refractivity contribution in [1.29, 1.82) is 0 Å². The second-order valence-corrected chi connectivity index (χ2v) is 17.4. The highest BCUT2D eigenvalue weighted by molar-refractivity contribution is 8.24. The van der Waals surface area contributed by atoms with Gasteiger partial charge in [0.05, 0.1) is 23.8 Å². The standard InChI is InChI=1S/C38H43FN2O10S2/c1-4-50-36(42)15-13-29-12-14-31(23-33(29)39)40(53(48,49)35-11-6-5-10-34(35)41(44)45)24-28-8-7-9-30(22-28)37-26(2)20-32(21-27(37)3)51-25-38(43)16-18-52(46,47)19-17-38/h5-12,14,20-23,43,46-47H,4,13,15-19,24-25H2,1-3H3. The highest BCUT2D eigenvalue weighted by Gasteiger charge is 2.36. The Morgan fingerprint density at radius 1 is 1.00 bits per heavy atom. The maximum Gasteiger partial charge on any atom is 0.306 e. The van der Waals surface area contributed by atoms with Crippen molar-refractivity contribution < 1.29 is 46.2 Å². The van der Waals surface area contributed by atoms with Gasteiger partial charge in [-0.3, -0.25) is 28.3 Å². The molecule has 284 valence electrons. The highest BCUT2D eigenvalue weighted by atomic mass is 32.3. The number of esters is 1. The van der Waals surface area contributed by atoms with Gasteiger partial charge < -0.3 is 14.6 Å². The molecule has 0 aromatic heterocycles. The number of carbonyl (C=O) groups is 1. The van der Waals surface area contributed by atoms with Gasteiger partial charge in [0.25, 0.3) is 15.7 Å². The Hall–Kier alpha value is -4.54. The molecule has 3 N–H and O–H groups in total. The van der Waals surface area contributed by atoms with E-state index >= 15 is 4.39 Å². The van der Waals surface area contributed by atoms with E-state index in [1.807, 2.05) is 32.0 Å². The molecule has 1 fully saturated rings. The van der Waals surface area contributed by atoms with Crippen LogP contribution in [0.4, 0.5) is 15.8 Å². The number of para-hydroxylation sites is 1. The predicted molar refractivity (Wildman–Crippen MR) is 201 cm³/mol. The first kappa shape index (κ1) is 39.7. The lowest BCUT2D eigenvalue weighted by atomic mass is 9.94. The van der Waals surface area contributed by atoms with Gasteiger partial charge in [-0.15, -0.1) is 0 Å². The number of anilines is 1. The summed E-state index contributed by atoms with van der Waals surface area (Å²) in [5.74, 6) is -0.467. The molecule has 4 aromatic carbocycles. The monoisotopic (exact) mass is 770 g/mol. The van der Waals surface area contributed by atoms with E-state index in [0.717, 1.165) is 44.8 Å². The maximum atomic E-state index is 15.5. The molecule has 0 saturated carbocycles. The summed E-state index contributed by atoms with van der Waals surface area (Å²) in [5, 5.41) is 22.8. The quantitative estimate of drug-likeness (QED) is 0.0659. The van der Waals surface area contributed by atoms with Gasteiger partial charge in [-0.2, -0.15) is 10.6 Å². The molecule has 1 saturated heterocycles. The number of aryl methyl sites for hydroxylation is 3. The number of nitro groups is 1. The maximum absolute atomic E-state index is 15.5. The van der Waals surface area contributed by atoms with Gasteiger partial charge >= 0.3 is 5.97 Å². The minimum absolute atomic E-state index is 0.00686. The number of aliphatic hydroxyl groups is 1. The van der Waals surface area contributed by atoms with Crippen LogP contribution in [0.25, 0.3) is 11.1 Å². The lowest BCUT2D eigenvalue weighted by molar-refractivity contribution is -0.387. The first-order chi connectivity index (χ1) is 25.0. The molecule has 1 aliphatic heterocycles. The first-order valence-corrected chi connectivity index (χ1v) is 20.3. The Bertz CT molecular complexity index is 2080. The van der Waals surface area contributed by atoms with Crippen molar-refractivity contribution in [3.05, 3.63) is 117 Å². The lowest BCUT2D eigenvalue weighted by Gasteiger charge is -2.43. The van der Waals surface area contributed by atoms with E-state index in [1.54, 1.807) is 25.1 Å². The average Bonchev–Trinajstić information content (AvgIpc) is 3.11. The molecule has 0 spiro atoms. The van der Waals surface area contributed by atoms with Crippen LogP contribution < -0.4 is 9.04 Å². The largest absolute Gasteiger partial charge is 0.491 e. The van der Waals surface area contributed by atoms with Crippen molar-refractivity contribution in [2.75, 3.05) is 29.0 Å². The molecule has 1 heterocycles. The van der Waals surface area contributed by atoms with Crippen LogP contribution in [0.3, 0.4) is 0 Å². The van der Waals surface area contributed by atoms with Gasteiger partial charge in [-0.05, 0) is 110 Å². The molecule has 53 heavy (non-hydrogen) atoms. The van der Waals surface area contributed by atoms with Crippen LogP contribution in [0, 0.1) is 29.8 Å². The molecule has 5 rings (SSSR count). The third kappa shape index (κ3) is 9.53. The number of nitrogens with zero attached hydrogens (tertiary/aromatic N) is 2. The van der Waals surface area contributed by atoms with E-state index in [9.17, 15) is 37.5 Å². The van der Waals surface area contributed by atoms with Crippen LogP contribution in [0.1, 0.15) is 48.4 Å². The van der Waals surface area contributed by atoms with Crippen molar-refractivity contribution in [3.8, 4) is 16.9 Å². The molecule has 0 atom stereocenters. The summed E-state index contributed by atoms with van der Waals surface area (Å²) >= 11 is 0. The Kier molecular flexibility index (Phi) is 12.1. The summed E-state index contributed by atoms with van der Waals surface area (Å²) in [7, 11) is -7.29. The minimum atomic E-state index is -4.63. The van der Waals surface area contributed by atoms with Crippen LogP contribution in [0.15, 0.2) is 83.8 Å². The zero-order valence-corrected chi connectivity index (χ0v) is 31.3. The van der Waals surface area contributed by atoms with Crippen LogP contribution in [0.5, 0.6) is 5.75 Å². The van der Waals surface area contributed by atoms with Gasteiger partial charge in [0.15, 0.2) is 4.90 Å². The number of sulfonamides is 1. The van der Waals surface area contributed by atoms with E-state index in [1.165, 1.54) is 24.3 Å². The molecule has 0 bridgehead atoms. The number of hydrogen-bond donors (Lipinski definition) is 3. The second-order valence-electron chi connectivity index (χ2n) is 13.2. The summed E-state index contributed by atoms with van der Waals surface area (Å²) in [6.45, 7) is 5.33. The van der Waals surface area contributed by atoms with Crippen molar-refractivity contribution in [1.82, 2.24) is 0 Å². The molecule has 12 nitrogen and oxygen atoms in total. The normalized spacial score (nSPS) is 15.7. The molecule has 0 aliphatic carbocycles. The minimum Gasteiger partial charge on any atom is -0.491 e. The van der Waals surface area contributed by atoms with Gasteiger partial charge in [-0.25, -0.2) is 12.8 Å². The number of benzene rings is 4. The van der Waals surface area contributed by atoms with Crippen molar-refractivity contribution >= 4 is 38.0 Å². The van der Waals surface area contributed by atoms with Crippen molar-refractivity contribution in [3.63, 3.8) is 0 Å². The fraction of sp³-hybridized carbons (Fsp3) is 0.342. The molecule has 4 aromatic rings. The zero-order chi connectivity index (χ0) is 38.6. The fourth-order valence-electron chi connectivity index (χ4n) is 6.37. The van der Waals surface area contributed by atoms with Crippen molar-refractivity contribution in [2.45, 2.75) is 63.5 Å². The summed E-state index contributed by atoms with van der Waals surface area (Å²) < 4.78 is 75.7. The number of hydrogen-bond acceptors (Lipinski definition) is 10. The average molecular weight is 771 g/mol. The molecule has 15 heteroatoms. The topological polar surface area (TPSA) is 177 Å². The van der Waals surface area contributed by atoms with Crippen LogP contribution in [-0.4, -0.2) is 63.8 Å². The predicted octanol–water partition coefficient (Wildman–Crippen LogP) is 7.56. The third-order valence-corrected chi connectivity index (χ3v) is 12.7. The van der Waals surface area contributed by atoms with Gasteiger partial charge in [0.1, 0.15) is 23.8 Å². The Balaban J connectivity index is 1.46.